The molecule has 29 heavy (non-hydrogen) atoms. The van der Waals surface area contributed by atoms with Crippen molar-refractivity contribution in [2.24, 2.45) is 5.92 Å². The van der Waals surface area contributed by atoms with Crippen molar-refractivity contribution in [3.8, 4) is 0 Å². The SMILES string of the molecule is COC(=O)C1CCN(C(=O)c2ccc(Cn3nc(C)c([N+](=O)[O-])c3C)cc2)CC1. The molecule has 154 valence electrons. The minimum absolute atomic E-state index is 0.0344. The van der Waals surface area contributed by atoms with Gasteiger partial charge in [0.2, 0.25) is 0 Å². The number of methoxy groups -OCH3 is 1. The Morgan fingerprint density at radius 1 is 1.21 bits per heavy atom. The highest BCUT2D eigenvalue weighted by Crippen LogP contribution is 2.23. The maximum atomic E-state index is 12.7. The summed E-state index contributed by atoms with van der Waals surface area (Å²) in [5.41, 5.74) is 2.39. The van der Waals surface area contributed by atoms with Crippen LogP contribution in [0, 0.1) is 29.9 Å². The van der Waals surface area contributed by atoms with Crippen molar-refractivity contribution < 1.29 is 19.2 Å². The van der Waals surface area contributed by atoms with Gasteiger partial charge in [0.1, 0.15) is 11.4 Å². The number of hydrogen-bond acceptors (Lipinski definition) is 6. The number of aromatic nitrogens is 2. The van der Waals surface area contributed by atoms with Crippen LogP contribution in [-0.2, 0) is 16.1 Å². The second-order valence-electron chi connectivity index (χ2n) is 7.22. The van der Waals surface area contributed by atoms with Crippen molar-refractivity contribution in [1.29, 1.82) is 0 Å². The van der Waals surface area contributed by atoms with Crippen LogP contribution in [0.3, 0.4) is 0 Å². The zero-order valence-electron chi connectivity index (χ0n) is 16.8. The third-order valence-electron chi connectivity index (χ3n) is 5.38. The van der Waals surface area contributed by atoms with Crippen LogP contribution in [0.15, 0.2) is 24.3 Å². The molecule has 1 aliphatic heterocycles. The van der Waals surface area contributed by atoms with Crippen molar-refractivity contribution in [2.45, 2.75) is 33.2 Å². The van der Waals surface area contributed by atoms with E-state index in [0.717, 1.165) is 5.56 Å². The molecule has 1 saturated heterocycles. The van der Waals surface area contributed by atoms with E-state index >= 15 is 0 Å². The van der Waals surface area contributed by atoms with Crippen LogP contribution in [0.2, 0.25) is 0 Å². The second kappa shape index (κ2) is 8.42. The number of ether oxygens (including phenoxy) is 1. The number of esters is 1. The summed E-state index contributed by atoms with van der Waals surface area (Å²) in [6.07, 6.45) is 1.21. The Morgan fingerprint density at radius 3 is 2.34 bits per heavy atom. The zero-order valence-corrected chi connectivity index (χ0v) is 16.8. The summed E-state index contributed by atoms with van der Waals surface area (Å²) in [4.78, 5) is 36.8. The number of amides is 1. The molecule has 1 amide bonds. The first-order valence-electron chi connectivity index (χ1n) is 9.46. The molecular formula is C20H24N4O5. The number of benzene rings is 1. The molecule has 0 spiro atoms. The molecule has 0 aliphatic carbocycles. The van der Waals surface area contributed by atoms with Crippen LogP contribution in [-0.4, -0.2) is 51.7 Å². The van der Waals surface area contributed by atoms with Crippen molar-refractivity contribution >= 4 is 17.6 Å². The maximum Gasteiger partial charge on any atom is 0.312 e. The van der Waals surface area contributed by atoms with E-state index in [4.69, 9.17) is 4.74 Å². The summed E-state index contributed by atoms with van der Waals surface area (Å²) in [5.74, 6) is -0.427. The van der Waals surface area contributed by atoms with E-state index in [2.05, 4.69) is 5.10 Å². The molecule has 1 aliphatic rings. The summed E-state index contributed by atoms with van der Waals surface area (Å²) in [5, 5.41) is 15.4. The monoisotopic (exact) mass is 400 g/mol. The molecule has 0 N–H and O–H groups in total. The van der Waals surface area contributed by atoms with Gasteiger partial charge in [0, 0.05) is 18.7 Å². The number of likely N-dealkylation sites (tertiary alicyclic amines) is 1. The summed E-state index contributed by atoms with van der Waals surface area (Å²) >= 11 is 0. The quantitative estimate of drug-likeness (QED) is 0.433. The fraction of sp³-hybridized carbons (Fsp3) is 0.450. The zero-order chi connectivity index (χ0) is 21.1. The Bertz CT molecular complexity index is 927. The standard InChI is InChI=1S/C20H24N4O5/c1-13-18(24(27)28)14(2)23(21-13)12-15-4-6-16(7-5-15)19(25)22-10-8-17(9-11-22)20(26)29-3/h4-7,17H,8-12H2,1-3H3. The van der Waals surface area contributed by atoms with E-state index in [1.165, 1.54) is 7.11 Å². The van der Waals surface area contributed by atoms with Gasteiger partial charge in [-0.05, 0) is 44.4 Å². The predicted molar refractivity (Wildman–Crippen MR) is 105 cm³/mol. The summed E-state index contributed by atoms with van der Waals surface area (Å²) in [6.45, 7) is 4.73. The van der Waals surface area contributed by atoms with Crippen molar-refractivity contribution in [1.82, 2.24) is 14.7 Å². The molecule has 9 heteroatoms. The Balaban J connectivity index is 1.65. The van der Waals surface area contributed by atoms with Gasteiger partial charge in [0.15, 0.2) is 0 Å². The van der Waals surface area contributed by atoms with E-state index in [9.17, 15) is 19.7 Å². The number of carbonyl (C=O) groups is 2. The molecule has 2 heterocycles. The predicted octanol–water partition coefficient (Wildman–Crippen LogP) is 2.48. The van der Waals surface area contributed by atoms with E-state index in [-0.39, 0.29) is 23.5 Å². The van der Waals surface area contributed by atoms with Crippen LogP contribution in [0.5, 0.6) is 0 Å². The van der Waals surface area contributed by atoms with Crippen LogP contribution in [0.1, 0.15) is 40.2 Å². The van der Waals surface area contributed by atoms with Gasteiger partial charge in [0.25, 0.3) is 5.91 Å². The third kappa shape index (κ3) is 4.28. The first kappa shape index (κ1) is 20.5. The molecule has 0 radical (unpaired) electrons. The molecule has 1 aromatic heterocycles. The molecule has 0 saturated carbocycles. The van der Waals surface area contributed by atoms with Crippen LogP contribution >= 0.6 is 0 Å². The van der Waals surface area contributed by atoms with Gasteiger partial charge in [-0.3, -0.25) is 24.4 Å². The summed E-state index contributed by atoms with van der Waals surface area (Å²) in [7, 11) is 1.38. The maximum absolute atomic E-state index is 12.7. The fourth-order valence-corrected chi connectivity index (χ4v) is 3.70. The summed E-state index contributed by atoms with van der Waals surface area (Å²) in [6, 6.07) is 7.17. The van der Waals surface area contributed by atoms with E-state index in [1.54, 1.807) is 35.6 Å². The van der Waals surface area contributed by atoms with Gasteiger partial charge in [-0.2, -0.15) is 5.10 Å². The number of piperidine rings is 1. The van der Waals surface area contributed by atoms with E-state index in [0.29, 0.717) is 49.4 Å². The topological polar surface area (TPSA) is 108 Å². The number of rotatable bonds is 5. The minimum Gasteiger partial charge on any atom is -0.469 e. The van der Waals surface area contributed by atoms with E-state index in [1.807, 2.05) is 12.1 Å². The highest BCUT2D eigenvalue weighted by atomic mass is 16.6. The average Bonchev–Trinajstić information content (AvgIpc) is 3.00. The van der Waals surface area contributed by atoms with Gasteiger partial charge in [-0.25, -0.2) is 0 Å². The molecule has 2 aromatic rings. The number of nitro groups is 1. The van der Waals surface area contributed by atoms with Crippen molar-refractivity contribution in [3.63, 3.8) is 0 Å². The lowest BCUT2D eigenvalue weighted by Gasteiger charge is -2.30. The van der Waals surface area contributed by atoms with E-state index < -0.39 is 4.92 Å². The largest absolute Gasteiger partial charge is 0.469 e. The normalized spacial score (nSPS) is 14.7. The molecule has 9 nitrogen and oxygen atoms in total. The Morgan fingerprint density at radius 2 is 1.83 bits per heavy atom. The second-order valence-corrected chi connectivity index (χ2v) is 7.22. The highest BCUT2D eigenvalue weighted by Gasteiger charge is 2.28. The third-order valence-corrected chi connectivity index (χ3v) is 5.38. The number of carbonyl (C=O) groups excluding carboxylic acids is 2. The Labute approximate surface area is 168 Å². The van der Waals surface area contributed by atoms with Gasteiger partial charge in [-0.1, -0.05) is 12.1 Å². The van der Waals surface area contributed by atoms with Gasteiger partial charge < -0.3 is 9.64 Å². The van der Waals surface area contributed by atoms with Crippen molar-refractivity contribution in [3.05, 3.63) is 56.9 Å². The first-order valence-corrected chi connectivity index (χ1v) is 9.46. The molecule has 1 aromatic carbocycles. The lowest BCUT2D eigenvalue weighted by molar-refractivity contribution is -0.386. The molecule has 3 rings (SSSR count). The molecule has 1 fully saturated rings. The van der Waals surface area contributed by atoms with Crippen LogP contribution in [0.25, 0.3) is 0 Å². The van der Waals surface area contributed by atoms with Crippen LogP contribution in [0.4, 0.5) is 5.69 Å². The molecule has 0 atom stereocenters. The smallest absolute Gasteiger partial charge is 0.312 e. The van der Waals surface area contributed by atoms with Gasteiger partial charge in [-0.15, -0.1) is 0 Å². The lowest BCUT2D eigenvalue weighted by atomic mass is 9.96. The van der Waals surface area contributed by atoms with Crippen LogP contribution < -0.4 is 0 Å². The summed E-state index contributed by atoms with van der Waals surface area (Å²) < 4.78 is 6.37. The fourth-order valence-electron chi connectivity index (χ4n) is 3.70. The average molecular weight is 400 g/mol. The minimum atomic E-state index is -0.417. The molecular weight excluding hydrogens is 376 g/mol. The Kier molecular flexibility index (Phi) is 5.95. The number of nitrogens with zero attached hydrogens (tertiary/aromatic N) is 4. The van der Waals surface area contributed by atoms with Gasteiger partial charge >= 0.3 is 11.7 Å². The Hall–Kier alpha value is -3.23. The lowest BCUT2D eigenvalue weighted by Crippen LogP contribution is -2.40. The molecule has 0 bridgehead atoms. The number of aryl methyl sites for hydroxylation is 1. The first-order chi connectivity index (χ1) is 13.8. The molecule has 0 unspecified atom stereocenters. The number of hydrogen-bond donors (Lipinski definition) is 0. The van der Waals surface area contributed by atoms with Crippen molar-refractivity contribution in [2.75, 3.05) is 20.2 Å². The highest BCUT2D eigenvalue weighted by molar-refractivity contribution is 5.94. The van der Waals surface area contributed by atoms with Gasteiger partial charge in [0.05, 0.1) is 24.5 Å².